The molecule has 5 heteroatoms. The SMILES string of the molecule is CNC(C)(CSCc1ccc(Cl)cc1)C(=O)O. The van der Waals surface area contributed by atoms with Crippen LogP contribution in [0.2, 0.25) is 5.02 Å². The van der Waals surface area contributed by atoms with E-state index in [-0.39, 0.29) is 0 Å². The first-order valence-electron chi connectivity index (χ1n) is 5.22. The summed E-state index contributed by atoms with van der Waals surface area (Å²) in [6.07, 6.45) is 0. The van der Waals surface area contributed by atoms with Crippen LogP contribution in [0.15, 0.2) is 24.3 Å². The minimum Gasteiger partial charge on any atom is -0.480 e. The summed E-state index contributed by atoms with van der Waals surface area (Å²) in [5, 5.41) is 12.6. The van der Waals surface area contributed by atoms with Crippen molar-refractivity contribution in [1.82, 2.24) is 5.32 Å². The van der Waals surface area contributed by atoms with Crippen LogP contribution in [0.4, 0.5) is 0 Å². The molecule has 1 aromatic rings. The lowest BCUT2D eigenvalue weighted by atomic mass is 10.1. The molecular weight excluding hydrogens is 258 g/mol. The lowest BCUT2D eigenvalue weighted by molar-refractivity contribution is -0.142. The van der Waals surface area contributed by atoms with Crippen molar-refractivity contribution in [2.75, 3.05) is 12.8 Å². The molecule has 0 amide bonds. The molecular formula is C12H16ClNO2S. The minimum atomic E-state index is -0.878. The maximum Gasteiger partial charge on any atom is 0.324 e. The normalized spacial score (nSPS) is 14.3. The molecule has 0 radical (unpaired) electrons. The fourth-order valence-corrected chi connectivity index (χ4v) is 2.53. The molecule has 3 nitrogen and oxygen atoms in total. The lowest BCUT2D eigenvalue weighted by Crippen LogP contribution is -2.49. The number of hydrogen-bond acceptors (Lipinski definition) is 3. The Labute approximate surface area is 111 Å². The molecule has 0 fully saturated rings. The van der Waals surface area contributed by atoms with Gasteiger partial charge in [-0.3, -0.25) is 4.79 Å². The Morgan fingerprint density at radius 2 is 2.06 bits per heavy atom. The minimum absolute atomic E-state index is 0.515. The maximum absolute atomic E-state index is 11.0. The zero-order chi connectivity index (χ0) is 12.9. The molecule has 0 spiro atoms. The quantitative estimate of drug-likeness (QED) is 0.837. The highest BCUT2D eigenvalue weighted by molar-refractivity contribution is 7.98. The fraction of sp³-hybridized carbons (Fsp3) is 0.417. The molecule has 0 saturated heterocycles. The Morgan fingerprint density at radius 3 is 2.53 bits per heavy atom. The zero-order valence-electron chi connectivity index (χ0n) is 9.87. The third kappa shape index (κ3) is 4.22. The van der Waals surface area contributed by atoms with Gasteiger partial charge >= 0.3 is 5.97 Å². The van der Waals surface area contributed by atoms with Crippen molar-refractivity contribution in [3.63, 3.8) is 0 Å². The van der Waals surface area contributed by atoms with Gasteiger partial charge in [0.15, 0.2) is 0 Å². The third-order valence-electron chi connectivity index (χ3n) is 2.60. The molecule has 0 saturated carbocycles. The van der Waals surface area contributed by atoms with Crippen molar-refractivity contribution >= 4 is 29.3 Å². The number of carboxylic acid groups (broad SMARTS) is 1. The van der Waals surface area contributed by atoms with Crippen LogP contribution in [-0.2, 0) is 10.5 Å². The van der Waals surface area contributed by atoms with E-state index < -0.39 is 11.5 Å². The summed E-state index contributed by atoms with van der Waals surface area (Å²) in [6, 6.07) is 7.58. The van der Waals surface area contributed by atoms with E-state index in [1.54, 1.807) is 25.7 Å². The van der Waals surface area contributed by atoms with Gasteiger partial charge in [-0.2, -0.15) is 11.8 Å². The zero-order valence-corrected chi connectivity index (χ0v) is 11.4. The van der Waals surface area contributed by atoms with E-state index in [0.717, 1.165) is 11.3 Å². The highest BCUT2D eigenvalue weighted by Gasteiger charge is 2.30. The van der Waals surface area contributed by atoms with E-state index >= 15 is 0 Å². The summed E-state index contributed by atoms with van der Waals surface area (Å²) in [5.74, 6) is 0.465. The largest absolute Gasteiger partial charge is 0.480 e. The molecule has 0 bridgehead atoms. The van der Waals surface area contributed by atoms with Gasteiger partial charge in [0.05, 0.1) is 0 Å². The van der Waals surface area contributed by atoms with E-state index in [2.05, 4.69) is 5.32 Å². The van der Waals surface area contributed by atoms with Gasteiger partial charge in [-0.05, 0) is 31.7 Å². The van der Waals surface area contributed by atoms with E-state index in [9.17, 15) is 4.79 Å². The summed E-state index contributed by atoms with van der Waals surface area (Å²) in [6.45, 7) is 1.68. The van der Waals surface area contributed by atoms with Crippen molar-refractivity contribution in [2.24, 2.45) is 0 Å². The summed E-state index contributed by atoms with van der Waals surface area (Å²) < 4.78 is 0. The molecule has 17 heavy (non-hydrogen) atoms. The first-order valence-corrected chi connectivity index (χ1v) is 6.76. The standard InChI is InChI=1S/C12H16ClNO2S/c1-12(14-2,11(15)16)8-17-7-9-3-5-10(13)6-4-9/h3-6,14H,7-8H2,1-2H3,(H,15,16). The van der Waals surface area contributed by atoms with Crippen molar-refractivity contribution < 1.29 is 9.90 Å². The monoisotopic (exact) mass is 273 g/mol. The molecule has 0 aliphatic heterocycles. The molecule has 1 rings (SSSR count). The molecule has 0 aromatic heterocycles. The van der Waals surface area contributed by atoms with Crippen molar-refractivity contribution in [3.8, 4) is 0 Å². The van der Waals surface area contributed by atoms with Gasteiger partial charge in [-0.25, -0.2) is 0 Å². The van der Waals surface area contributed by atoms with Gasteiger partial charge in [-0.15, -0.1) is 0 Å². The van der Waals surface area contributed by atoms with E-state index in [1.165, 1.54) is 0 Å². The Balaban J connectivity index is 2.47. The molecule has 0 heterocycles. The number of likely N-dealkylation sites (N-methyl/N-ethyl adjacent to an activating group) is 1. The highest BCUT2D eigenvalue weighted by atomic mass is 35.5. The molecule has 1 aromatic carbocycles. The van der Waals surface area contributed by atoms with Crippen LogP contribution in [0.3, 0.4) is 0 Å². The Bertz CT molecular complexity index is 383. The second-order valence-electron chi connectivity index (χ2n) is 4.01. The fourth-order valence-electron chi connectivity index (χ4n) is 1.19. The molecule has 2 N–H and O–H groups in total. The molecule has 0 aliphatic carbocycles. The molecule has 1 atom stereocenters. The number of hydrogen-bond donors (Lipinski definition) is 2. The molecule has 94 valence electrons. The van der Waals surface area contributed by atoms with Crippen LogP contribution in [0.5, 0.6) is 0 Å². The average Bonchev–Trinajstić information content (AvgIpc) is 2.31. The molecule has 1 unspecified atom stereocenters. The topological polar surface area (TPSA) is 49.3 Å². The third-order valence-corrected chi connectivity index (χ3v) is 4.17. The summed E-state index contributed by atoms with van der Waals surface area (Å²) in [5.41, 5.74) is 0.264. The van der Waals surface area contributed by atoms with E-state index in [0.29, 0.717) is 10.8 Å². The Hall–Kier alpha value is -0.710. The molecule has 0 aliphatic rings. The van der Waals surface area contributed by atoms with E-state index in [4.69, 9.17) is 16.7 Å². The van der Waals surface area contributed by atoms with Gasteiger partial charge in [0.2, 0.25) is 0 Å². The highest BCUT2D eigenvalue weighted by Crippen LogP contribution is 2.19. The van der Waals surface area contributed by atoms with Crippen LogP contribution in [0.1, 0.15) is 12.5 Å². The Kier molecular flexibility index (Phi) is 5.31. The van der Waals surface area contributed by atoms with Gasteiger partial charge in [0, 0.05) is 16.5 Å². The summed E-state index contributed by atoms with van der Waals surface area (Å²) in [4.78, 5) is 11.0. The number of halogens is 1. The van der Waals surface area contributed by atoms with Gasteiger partial charge < -0.3 is 10.4 Å². The summed E-state index contributed by atoms with van der Waals surface area (Å²) in [7, 11) is 1.66. The number of thioether (sulfide) groups is 1. The van der Waals surface area contributed by atoms with Gasteiger partial charge in [0.25, 0.3) is 0 Å². The van der Waals surface area contributed by atoms with Crippen LogP contribution in [0.25, 0.3) is 0 Å². The van der Waals surface area contributed by atoms with Crippen molar-refractivity contribution in [1.29, 1.82) is 0 Å². The van der Waals surface area contributed by atoms with Crippen LogP contribution >= 0.6 is 23.4 Å². The number of nitrogens with one attached hydrogen (secondary N) is 1. The summed E-state index contributed by atoms with van der Waals surface area (Å²) >= 11 is 7.37. The predicted octanol–water partition coefficient (Wildman–Crippen LogP) is 2.64. The van der Waals surface area contributed by atoms with Gasteiger partial charge in [0.1, 0.15) is 5.54 Å². The average molecular weight is 274 g/mol. The predicted molar refractivity (Wildman–Crippen MR) is 72.7 cm³/mol. The van der Waals surface area contributed by atoms with Gasteiger partial charge in [-0.1, -0.05) is 23.7 Å². The first kappa shape index (κ1) is 14.4. The second-order valence-corrected chi connectivity index (χ2v) is 5.43. The maximum atomic E-state index is 11.0. The van der Waals surface area contributed by atoms with Crippen LogP contribution in [-0.4, -0.2) is 29.4 Å². The first-order chi connectivity index (χ1) is 7.98. The lowest BCUT2D eigenvalue weighted by Gasteiger charge is -2.23. The smallest absolute Gasteiger partial charge is 0.324 e. The van der Waals surface area contributed by atoms with Crippen molar-refractivity contribution in [3.05, 3.63) is 34.9 Å². The number of benzene rings is 1. The van der Waals surface area contributed by atoms with Crippen molar-refractivity contribution in [2.45, 2.75) is 18.2 Å². The second kappa shape index (κ2) is 6.28. The Morgan fingerprint density at radius 1 is 1.47 bits per heavy atom. The number of aliphatic carboxylic acids is 1. The van der Waals surface area contributed by atoms with E-state index in [1.807, 2.05) is 24.3 Å². The van der Waals surface area contributed by atoms with Crippen LogP contribution < -0.4 is 5.32 Å². The van der Waals surface area contributed by atoms with Crippen LogP contribution in [0, 0.1) is 0 Å². The number of carbonyl (C=O) groups is 1. The number of rotatable bonds is 6. The number of carboxylic acids is 1.